The highest BCUT2D eigenvalue weighted by Gasteiger charge is 2.01. The molecule has 0 fully saturated rings. The summed E-state index contributed by atoms with van der Waals surface area (Å²) in [6.07, 6.45) is 1.55. The quantitative estimate of drug-likeness (QED) is 0.546. The summed E-state index contributed by atoms with van der Waals surface area (Å²) in [5.74, 6) is 0.821. The van der Waals surface area contributed by atoms with E-state index in [1.54, 1.807) is 0 Å². The van der Waals surface area contributed by atoms with Crippen LogP contribution in [0.4, 0.5) is 5.69 Å². The molecule has 0 saturated heterocycles. The number of anilines is 1. The van der Waals surface area contributed by atoms with Crippen molar-refractivity contribution in [2.75, 3.05) is 32.5 Å². The number of rotatable bonds is 8. The standard InChI is InChI=1S/C14H24N2O2/c1-12(17)7-9-16(2)8-4-10-18-14-6-3-5-13(15)11-14/h3,5-6,11-12,17H,4,7-10,15H2,1-2H3. The molecule has 0 aliphatic rings. The third kappa shape index (κ3) is 6.47. The maximum atomic E-state index is 9.18. The molecule has 1 aromatic rings. The number of nitrogen functional groups attached to an aromatic ring is 1. The third-order valence-corrected chi connectivity index (χ3v) is 2.74. The number of aliphatic hydroxyl groups is 1. The Bertz CT molecular complexity index is 342. The van der Waals surface area contributed by atoms with Crippen LogP contribution >= 0.6 is 0 Å². The number of nitrogens with zero attached hydrogens (tertiary/aromatic N) is 1. The largest absolute Gasteiger partial charge is 0.493 e. The number of nitrogens with two attached hydrogens (primary N) is 1. The molecule has 1 rings (SSSR count). The van der Waals surface area contributed by atoms with Gasteiger partial charge in [-0.3, -0.25) is 0 Å². The van der Waals surface area contributed by atoms with Gasteiger partial charge >= 0.3 is 0 Å². The van der Waals surface area contributed by atoms with E-state index in [4.69, 9.17) is 10.5 Å². The van der Waals surface area contributed by atoms with Crippen molar-refractivity contribution in [3.8, 4) is 5.75 Å². The monoisotopic (exact) mass is 252 g/mol. The highest BCUT2D eigenvalue weighted by atomic mass is 16.5. The molecule has 102 valence electrons. The molecule has 0 heterocycles. The molecule has 1 aromatic carbocycles. The van der Waals surface area contributed by atoms with E-state index >= 15 is 0 Å². The lowest BCUT2D eigenvalue weighted by molar-refractivity contribution is 0.162. The van der Waals surface area contributed by atoms with Gasteiger partial charge in [0, 0.05) is 24.8 Å². The molecule has 4 nitrogen and oxygen atoms in total. The zero-order chi connectivity index (χ0) is 13.4. The van der Waals surface area contributed by atoms with Gasteiger partial charge in [-0.1, -0.05) is 6.07 Å². The summed E-state index contributed by atoms with van der Waals surface area (Å²) >= 11 is 0. The Morgan fingerprint density at radius 1 is 1.39 bits per heavy atom. The Morgan fingerprint density at radius 3 is 2.83 bits per heavy atom. The van der Waals surface area contributed by atoms with Gasteiger partial charge in [0.15, 0.2) is 0 Å². The minimum absolute atomic E-state index is 0.226. The molecule has 18 heavy (non-hydrogen) atoms. The first-order chi connectivity index (χ1) is 8.58. The number of aliphatic hydroxyl groups excluding tert-OH is 1. The Kier molecular flexibility index (Phi) is 6.54. The molecule has 0 spiro atoms. The first kappa shape index (κ1) is 14.8. The van der Waals surface area contributed by atoms with Gasteiger partial charge in [0.05, 0.1) is 12.7 Å². The summed E-state index contributed by atoms with van der Waals surface area (Å²) in [7, 11) is 2.06. The molecule has 0 bridgehead atoms. The zero-order valence-electron chi connectivity index (χ0n) is 11.3. The topological polar surface area (TPSA) is 58.7 Å². The average molecular weight is 252 g/mol. The Morgan fingerprint density at radius 2 is 2.17 bits per heavy atom. The summed E-state index contributed by atoms with van der Waals surface area (Å²) < 4.78 is 5.61. The van der Waals surface area contributed by atoms with Crippen molar-refractivity contribution >= 4 is 5.69 Å². The van der Waals surface area contributed by atoms with Gasteiger partial charge in [-0.15, -0.1) is 0 Å². The van der Waals surface area contributed by atoms with Crippen molar-refractivity contribution in [1.29, 1.82) is 0 Å². The van der Waals surface area contributed by atoms with Crippen molar-refractivity contribution in [3.05, 3.63) is 24.3 Å². The van der Waals surface area contributed by atoms with Crippen LogP contribution in [0.5, 0.6) is 5.75 Å². The Hall–Kier alpha value is -1.26. The van der Waals surface area contributed by atoms with E-state index in [9.17, 15) is 5.11 Å². The summed E-state index contributed by atoms with van der Waals surface area (Å²) in [6.45, 7) is 4.38. The number of ether oxygens (including phenoxy) is 1. The lowest BCUT2D eigenvalue weighted by Crippen LogP contribution is -2.24. The lowest BCUT2D eigenvalue weighted by Gasteiger charge is -2.17. The average Bonchev–Trinajstić information content (AvgIpc) is 2.32. The fourth-order valence-corrected chi connectivity index (χ4v) is 1.65. The highest BCUT2D eigenvalue weighted by molar-refractivity contribution is 5.43. The van der Waals surface area contributed by atoms with Crippen molar-refractivity contribution < 1.29 is 9.84 Å². The molecule has 4 heteroatoms. The lowest BCUT2D eigenvalue weighted by atomic mass is 10.2. The van der Waals surface area contributed by atoms with Crippen molar-refractivity contribution in [3.63, 3.8) is 0 Å². The Balaban J connectivity index is 2.11. The second-order valence-electron chi connectivity index (χ2n) is 4.72. The van der Waals surface area contributed by atoms with Crippen LogP contribution in [-0.2, 0) is 0 Å². The van der Waals surface area contributed by atoms with Crippen LogP contribution in [0, 0.1) is 0 Å². The SMILES string of the molecule is CC(O)CCN(C)CCCOc1cccc(N)c1. The van der Waals surface area contributed by atoms with Gasteiger partial charge in [0.25, 0.3) is 0 Å². The van der Waals surface area contributed by atoms with Crippen molar-refractivity contribution in [2.24, 2.45) is 0 Å². The third-order valence-electron chi connectivity index (χ3n) is 2.74. The van der Waals surface area contributed by atoms with Crippen molar-refractivity contribution in [1.82, 2.24) is 4.90 Å². The number of hydrogen-bond acceptors (Lipinski definition) is 4. The predicted molar refractivity (Wildman–Crippen MR) is 74.8 cm³/mol. The van der Waals surface area contributed by atoms with Crippen LogP contribution in [0.1, 0.15) is 19.8 Å². The zero-order valence-corrected chi connectivity index (χ0v) is 11.3. The summed E-state index contributed by atoms with van der Waals surface area (Å²) in [5.41, 5.74) is 6.39. The van der Waals surface area contributed by atoms with E-state index in [2.05, 4.69) is 11.9 Å². The van der Waals surface area contributed by atoms with Crippen LogP contribution in [0.3, 0.4) is 0 Å². The van der Waals surface area contributed by atoms with Crippen LogP contribution in [0.15, 0.2) is 24.3 Å². The minimum Gasteiger partial charge on any atom is -0.493 e. The van der Waals surface area contributed by atoms with E-state index in [1.807, 2.05) is 31.2 Å². The molecule has 1 atom stereocenters. The van der Waals surface area contributed by atoms with E-state index in [0.717, 1.165) is 37.4 Å². The van der Waals surface area contributed by atoms with Crippen LogP contribution in [0.25, 0.3) is 0 Å². The van der Waals surface area contributed by atoms with E-state index in [1.165, 1.54) is 0 Å². The van der Waals surface area contributed by atoms with Gasteiger partial charge in [0.2, 0.25) is 0 Å². The minimum atomic E-state index is -0.226. The van der Waals surface area contributed by atoms with Gasteiger partial charge in [-0.2, -0.15) is 0 Å². The van der Waals surface area contributed by atoms with Gasteiger partial charge in [-0.25, -0.2) is 0 Å². The number of benzene rings is 1. The molecule has 1 unspecified atom stereocenters. The van der Waals surface area contributed by atoms with Gasteiger partial charge < -0.3 is 20.5 Å². The van der Waals surface area contributed by atoms with E-state index < -0.39 is 0 Å². The fraction of sp³-hybridized carbons (Fsp3) is 0.571. The van der Waals surface area contributed by atoms with E-state index in [-0.39, 0.29) is 6.10 Å². The first-order valence-electron chi connectivity index (χ1n) is 6.43. The van der Waals surface area contributed by atoms with Crippen LogP contribution in [-0.4, -0.2) is 42.9 Å². The molecule has 0 aromatic heterocycles. The van der Waals surface area contributed by atoms with Crippen LogP contribution < -0.4 is 10.5 Å². The van der Waals surface area contributed by atoms with Crippen LogP contribution in [0.2, 0.25) is 0 Å². The molecule has 0 aliphatic heterocycles. The number of hydrogen-bond donors (Lipinski definition) is 2. The molecule has 3 N–H and O–H groups in total. The van der Waals surface area contributed by atoms with Gasteiger partial charge in [-0.05, 0) is 38.9 Å². The Labute approximate surface area is 109 Å². The second kappa shape index (κ2) is 7.95. The second-order valence-corrected chi connectivity index (χ2v) is 4.72. The summed E-state index contributed by atoms with van der Waals surface area (Å²) in [6, 6.07) is 7.47. The van der Waals surface area contributed by atoms with Crippen molar-refractivity contribution in [2.45, 2.75) is 25.9 Å². The van der Waals surface area contributed by atoms with E-state index in [0.29, 0.717) is 6.61 Å². The summed E-state index contributed by atoms with van der Waals surface area (Å²) in [5, 5.41) is 9.18. The fourth-order valence-electron chi connectivity index (χ4n) is 1.65. The first-order valence-corrected chi connectivity index (χ1v) is 6.43. The summed E-state index contributed by atoms with van der Waals surface area (Å²) in [4.78, 5) is 2.20. The highest BCUT2D eigenvalue weighted by Crippen LogP contribution is 2.14. The molecule has 0 saturated carbocycles. The predicted octanol–water partition coefficient (Wildman–Crippen LogP) is 1.74. The smallest absolute Gasteiger partial charge is 0.121 e. The van der Waals surface area contributed by atoms with Gasteiger partial charge in [0.1, 0.15) is 5.75 Å². The molecular weight excluding hydrogens is 228 g/mol. The molecule has 0 aliphatic carbocycles. The molecule has 0 amide bonds. The normalized spacial score (nSPS) is 12.7. The molecular formula is C14H24N2O2. The maximum Gasteiger partial charge on any atom is 0.121 e. The molecule has 0 radical (unpaired) electrons. The maximum absolute atomic E-state index is 9.18.